The van der Waals surface area contributed by atoms with Gasteiger partial charge in [-0.1, -0.05) is 6.07 Å². The van der Waals surface area contributed by atoms with Crippen LogP contribution in [-0.4, -0.2) is 11.1 Å². The van der Waals surface area contributed by atoms with Gasteiger partial charge in [0.1, 0.15) is 10.7 Å². The molecule has 0 saturated heterocycles. The molecule has 0 amide bonds. The lowest BCUT2D eigenvalue weighted by Crippen LogP contribution is -1.89. The summed E-state index contributed by atoms with van der Waals surface area (Å²) in [6.07, 6.45) is 0. The number of aromatic carboxylic acids is 1. The number of hydrogen-bond donors (Lipinski definition) is 1. The fraction of sp³-hybridized carbons (Fsp3) is 0.0833. The third-order valence-electron chi connectivity index (χ3n) is 2.28. The first kappa shape index (κ1) is 10.8. The van der Waals surface area contributed by atoms with Crippen molar-refractivity contribution in [1.82, 2.24) is 0 Å². The van der Waals surface area contributed by atoms with E-state index in [-0.39, 0.29) is 10.7 Å². The molecule has 0 spiro atoms. The molecule has 0 unspecified atom stereocenters. The highest BCUT2D eigenvalue weighted by Crippen LogP contribution is 2.30. The van der Waals surface area contributed by atoms with Gasteiger partial charge in [-0.05, 0) is 42.3 Å². The summed E-state index contributed by atoms with van der Waals surface area (Å²) in [6.45, 7) is 1.87. The van der Waals surface area contributed by atoms with Crippen LogP contribution in [0.1, 0.15) is 15.2 Å². The number of carbonyl (C=O) groups is 1. The van der Waals surface area contributed by atoms with E-state index < -0.39 is 5.97 Å². The third kappa shape index (κ3) is 1.97. The van der Waals surface area contributed by atoms with Crippen LogP contribution in [0.2, 0.25) is 0 Å². The molecular formula is C12H9FO2S. The Morgan fingerprint density at radius 1 is 1.31 bits per heavy atom. The van der Waals surface area contributed by atoms with E-state index in [1.165, 1.54) is 18.2 Å². The molecule has 0 bridgehead atoms. The Morgan fingerprint density at radius 3 is 2.69 bits per heavy atom. The van der Waals surface area contributed by atoms with Crippen LogP contribution in [0.5, 0.6) is 0 Å². The fourth-order valence-corrected chi connectivity index (χ4v) is 2.38. The number of aryl methyl sites for hydroxylation is 1. The Bertz CT molecular complexity index is 546. The van der Waals surface area contributed by atoms with E-state index in [0.717, 1.165) is 27.3 Å². The molecular weight excluding hydrogens is 227 g/mol. The summed E-state index contributed by atoms with van der Waals surface area (Å²) in [6, 6.07) is 7.74. The lowest BCUT2D eigenvalue weighted by molar-refractivity contribution is 0.0702. The summed E-state index contributed by atoms with van der Waals surface area (Å²) < 4.78 is 13.1. The Kier molecular flexibility index (Phi) is 2.75. The first-order valence-corrected chi connectivity index (χ1v) is 5.49. The molecule has 1 N–H and O–H groups in total. The van der Waals surface area contributed by atoms with Crippen molar-refractivity contribution in [3.8, 4) is 10.4 Å². The van der Waals surface area contributed by atoms with Gasteiger partial charge in [0.15, 0.2) is 0 Å². The highest BCUT2D eigenvalue weighted by atomic mass is 32.1. The lowest BCUT2D eigenvalue weighted by Gasteiger charge is -2.02. The molecule has 1 aromatic heterocycles. The number of halogens is 1. The SMILES string of the molecule is Cc1ccc(F)cc1-c1ccc(C(=O)O)s1. The monoisotopic (exact) mass is 236 g/mol. The van der Waals surface area contributed by atoms with Gasteiger partial charge in [-0.15, -0.1) is 11.3 Å². The first-order chi connectivity index (χ1) is 7.58. The van der Waals surface area contributed by atoms with Crippen molar-refractivity contribution >= 4 is 17.3 Å². The summed E-state index contributed by atoms with van der Waals surface area (Å²) in [7, 11) is 0. The Labute approximate surface area is 96.0 Å². The largest absolute Gasteiger partial charge is 0.477 e. The van der Waals surface area contributed by atoms with Crippen molar-refractivity contribution in [2.45, 2.75) is 6.92 Å². The number of hydrogen-bond acceptors (Lipinski definition) is 2. The Morgan fingerprint density at radius 2 is 2.06 bits per heavy atom. The molecule has 0 radical (unpaired) electrons. The van der Waals surface area contributed by atoms with E-state index in [9.17, 15) is 9.18 Å². The Balaban J connectivity index is 2.50. The van der Waals surface area contributed by atoms with Gasteiger partial charge in [0.25, 0.3) is 0 Å². The molecule has 1 aromatic carbocycles. The number of carboxylic acid groups (broad SMARTS) is 1. The van der Waals surface area contributed by atoms with Crippen LogP contribution in [0.25, 0.3) is 10.4 Å². The van der Waals surface area contributed by atoms with Gasteiger partial charge in [0.2, 0.25) is 0 Å². The normalized spacial score (nSPS) is 10.4. The summed E-state index contributed by atoms with van der Waals surface area (Å²) in [4.78, 5) is 11.8. The van der Waals surface area contributed by atoms with Crippen molar-refractivity contribution < 1.29 is 14.3 Å². The topological polar surface area (TPSA) is 37.3 Å². The molecule has 2 rings (SSSR count). The van der Waals surface area contributed by atoms with Crippen LogP contribution in [0, 0.1) is 12.7 Å². The number of thiophene rings is 1. The quantitative estimate of drug-likeness (QED) is 0.865. The molecule has 0 fully saturated rings. The zero-order valence-corrected chi connectivity index (χ0v) is 9.34. The zero-order valence-electron chi connectivity index (χ0n) is 8.53. The van der Waals surface area contributed by atoms with Crippen LogP contribution in [0.4, 0.5) is 4.39 Å². The van der Waals surface area contributed by atoms with Crippen LogP contribution >= 0.6 is 11.3 Å². The predicted molar refractivity (Wildman–Crippen MR) is 61.4 cm³/mol. The molecule has 82 valence electrons. The van der Waals surface area contributed by atoms with E-state index in [4.69, 9.17) is 5.11 Å². The summed E-state index contributed by atoms with van der Waals surface area (Å²) >= 11 is 1.15. The molecule has 0 aliphatic rings. The van der Waals surface area contributed by atoms with Crippen LogP contribution < -0.4 is 0 Å². The van der Waals surface area contributed by atoms with E-state index in [2.05, 4.69) is 0 Å². The average Bonchev–Trinajstić information content (AvgIpc) is 2.70. The second-order valence-electron chi connectivity index (χ2n) is 3.43. The minimum atomic E-state index is -0.953. The summed E-state index contributed by atoms with van der Waals surface area (Å²) in [5.74, 6) is -1.27. The molecule has 0 saturated carbocycles. The van der Waals surface area contributed by atoms with Gasteiger partial charge < -0.3 is 5.11 Å². The van der Waals surface area contributed by atoms with E-state index in [0.29, 0.717) is 0 Å². The van der Waals surface area contributed by atoms with Gasteiger partial charge in [-0.25, -0.2) is 9.18 Å². The summed E-state index contributed by atoms with van der Waals surface area (Å²) in [5, 5.41) is 8.81. The first-order valence-electron chi connectivity index (χ1n) is 4.67. The molecule has 0 atom stereocenters. The van der Waals surface area contributed by atoms with E-state index >= 15 is 0 Å². The van der Waals surface area contributed by atoms with Crippen molar-refractivity contribution in [2.75, 3.05) is 0 Å². The minimum Gasteiger partial charge on any atom is -0.477 e. The molecule has 2 aromatic rings. The zero-order chi connectivity index (χ0) is 11.7. The fourth-order valence-electron chi connectivity index (χ4n) is 1.46. The maximum absolute atomic E-state index is 13.1. The second-order valence-corrected chi connectivity index (χ2v) is 4.51. The number of benzene rings is 1. The number of carboxylic acids is 1. The predicted octanol–water partition coefficient (Wildman–Crippen LogP) is 3.56. The molecule has 2 nitrogen and oxygen atoms in total. The van der Waals surface area contributed by atoms with Gasteiger partial charge >= 0.3 is 5.97 Å². The highest BCUT2D eigenvalue weighted by molar-refractivity contribution is 7.17. The lowest BCUT2D eigenvalue weighted by atomic mass is 10.1. The van der Waals surface area contributed by atoms with Crippen molar-refractivity contribution in [3.05, 3.63) is 46.6 Å². The van der Waals surface area contributed by atoms with Gasteiger partial charge in [-0.2, -0.15) is 0 Å². The van der Waals surface area contributed by atoms with Crippen LogP contribution in [0.3, 0.4) is 0 Å². The van der Waals surface area contributed by atoms with Crippen LogP contribution in [0.15, 0.2) is 30.3 Å². The Hall–Kier alpha value is -1.68. The van der Waals surface area contributed by atoms with Gasteiger partial charge in [-0.3, -0.25) is 0 Å². The maximum atomic E-state index is 13.1. The molecule has 0 aliphatic heterocycles. The van der Waals surface area contributed by atoms with Gasteiger partial charge in [0, 0.05) is 4.88 Å². The minimum absolute atomic E-state index is 0.263. The number of rotatable bonds is 2. The van der Waals surface area contributed by atoms with Crippen LogP contribution in [-0.2, 0) is 0 Å². The molecule has 16 heavy (non-hydrogen) atoms. The molecule has 0 aliphatic carbocycles. The van der Waals surface area contributed by atoms with E-state index in [1.807, 2.05) is 6.92 Å². The maximum Gasteiger partial charge on any atom is 0.345 e. The van der Waals surface area contributed by atoms with Crippen molar-refractivity contribution in [2.24, 2.45) is 0 Å². The average molecular weight is 236 g/mol. The summed E-state index contributed by atoms with van der Waals surface area (Å²) in [5.41, 5.74) is 1.68. The van der Waals surface area contributed by atoms with Crippen molar-refractivity contribution in [1.29, 1.82) is 0 Å². The molecule has 1 heterocycles. The second kappa shape index (κ2) is 4.06. The third-order valence-corrected chi connectivity index (χ3v) is 3.39. The van der Waals surface area contributed by atoms with E-state index in [1.54, 1.807) is 12.1 Å². The molecule has 4 heteroatoms. The highest BCUT2D eigenvalue weighted by Gasteiger charge is 2.10. The van der Waals surface area contributed by atoms with Gasteiger partial charge in [0.05, 0.1) is 0 Å². The standard InChI is InChI=1S/C12H9FO2S/c1-7-2-3-8(13)6-9(7)10-4-5-11(16-10)12(14)15/h2-6H,1H3,(H,14,15). The van der Waals surface area contributed by atoms with Crippen molar-refractivity contribution in [3.63, 3.8) is 0 Å². The smallest absolute Gasteiger partial charge is 0.345 e.